The molecule has 0 radical (unpaired) electrons. The van der Waals surface area contributed by atoms with E-state index in [2.05, 4.69) is 34.9 Å². The Kier molecular flexibility index (Phi) is 9.11. The third-order valence-electron chi connectivity index (χ3n) is 11.1. The van der Waals surface area contributed by atoms with Crippen LogP contribution >= 0.6 is 0 Å². The maximum Gasteiger partial charge on any atom is 0.263 e. The minimum Gasteiger partial charge on any atom is -0.369 e. The van der Waals surface area contributed by atoms with Crippen molar-refractivity contribution in [2.24, 2.45) is 0 Å². The number of hydrogen-bond acceptors (Lipinski definition) is 4. The number of aromatic nitrogens is 1. The lowest BCUT2D eigenvalue weighted by molar-refractivity contribution is 0.0935. The molecular weight excluding hydrogens is 713 g/mol. The summed E-state index contributed by atoms with van der Waals surface area (Å²) in [7, 11) is 0. The Hall–Kier alpha value is -7.77. The average molecular weight is 749 g/mol. The first kappa shape index (κ1) is 35.9. The first-order valence-corrected chi connectivity index (χ1v) is 19.1. The molecular formula is C52H36N4O2. The lowest BCUT2D eigenvalue weighted by atomic mass is 9.97. The number of carbonyl (C=O) groups excluding carboxylic acids is 1. The highest BCUT2D eigenvalue weighted by molar-refractivity contribution is 6.16. The second-order valence-electron chi connectivity index (χ2n) is 14.4. The molecule has 1 atom stereocenters. The maximum atomic E-state index is 15.0. The molecule has 276 valence electrons. The molecule has 6 nitrogen and oxygen atoms in total. The number of benzene rings is 7. The monoisotopic (exact) mass is 748 g/mol. The minimum atomic E-state index is -1.23. The number of hydrogen-bond donors (Lipinski definition) is 1. The van der Waals surface area contributed by atoms with E-state index in [-0.39, 0.29) is 5.91 Å². The fourth-order valence-corrected chi connectivity index (χ4v) is 8.25. The van der Waals surface area contributed by atoms with Crippen LogP contribution in [0.3, 0.4) is 0 Å². The van der Waals surface area contributed by atoms with Gasteiger partial charge in [-0.25, -0.2) is 0 Å². The summed E-state index contributed by atoms with van der Waals surface area (Å²) in [5, 5.41) is 33.9. The van der Waals surface area contributed by atoms with E-state index in [0.29, 0.717) is 33.6 Å². The van der Waals surface area contributed by atoms with Gasteiger partial charge in [0.1, 0.15) is 0 Å². The van der Waals surface area contributed by atoms with E-state index >= 15 is 0 Å². The predicted octanol–water partition coefficient (Wildman–Crippen LogP) is 12.2. The molecule has 1 aliphatic heterocycles. The number of allylic oxidation sites excluding steroid dienone is 4. The molecule has 0 spiro atoms. The zero-order valence-electron chi connectivity index (χ0n) is 31.9. The van der Waals surface area contributed by atoms with Gasteiger partial charge in [-0.05, 0) is 119 Å². The largest absolute Gasteiger partial charge is 0.369 e. The molecule has 1 N–H and O–H groups in total. The summed E-state index contributed by atoms with van der Waals surface area (Å²) in [4.78, 5) is 16.5. The highest BCUT2D eigenvalue weighted by Gasteiger charge is 2.39. The Balaban J connectivity index is 1.25. The zero-order valence-corrected chi connectivity index (χ0v) is 31.9. The quantitative estimate of drug-likeness (QED) is 0.130. The Morgan fingerprint density at radius 1 is 0.672 bits per heavy atom. The van der Waals surface area contributed by atoms with Crippen LogP contribution in [0.25, 0.3) is 66.4 Å². The number of anilines is 1. The van der Waals surface area contributed by atoms with Crippen LogP contribution < -0.4 is 4.90 Å². The van der Waals surface area contributed by atoms with E-state index in [1.165, 1.54) is 4.90 Å². The lowest BCUT2D eigenvalue weighted by Crippen LogP contribution is -2.27. The van der Waals surface area contributed by atoms with Crippen molar-refractivity contribution >= 4 is 39.0 Å². The van der Waals surface area contributed by atoms with Gasteiger partial charge in [-0.1, -0.05) is 109 Å². The van der Waals surface area contributed by atoms with Crippen LogP contribution in [0.5, 0.6) is 0 Å². The van der Waals surface area contributed by atoms with Gasteiger partial charge in [0.25, 0.3) is 5.91 Å². The van der Waals surface area contributed by atoms with E-state index in [1.807, 2.05) is 166 Å². The fourth-order valence-electron chi connectivity index (χ4n) is 8.25. The number of aliphatic hydroxyl groups is 1. The highest BCUT2D eigenvalue weighted by atomic mass is 16.3. The molecule has 9 rings (SSSR count). The van der Waals surface area contributed by atoms with Crippen molar-refractivity contribution in [3.8, 4) is 51.2 Å². The second-order valence-corrected chi connectivity index (χ2v) is 14.4. The topological polar surface area (TPSA) is 93.0 Å². The molecule has 0 bridgehead atoms. The van der Waals surface area contributed by atoms with Gasteiger partial charge in [-0.15, -0.1) is 0 Å². The van der Waals surface area contributed by atoms with E-state index in [1.54, 1.807) is 0 Å². The first-order valence-electron chi connectivity index (χ1n) is 19.1. The van der Waals surface area contributed by atoms with E-state index in [9.17, 15) is 20.4 Å². The lowest BCUT2D eigenvalue weighted by Gasteiger charge is -2.23. The molecule has 2 heterocycles. The molecule has 6 heteroatoms. The van der Waals surface area contributed by atoms with Gasteiger partial charge in [-0.2, -0.15) is 10.5 Å². The highest BCUT2D eigenvalue weighted by Crippen LogP contribution is 2.44. The maximum absolute atomic E-state index is 15.0. The van der Waals surface area contributed by atoms with Crippen LogP contribution in [0.15, 0.2) is 175 Å². The molecule has 0 fully saturated rings. The van der Waals surface area contributed by atoms with Crippen LogP contribution in [0.4, 0.5) is 5.69 Å². The van der Waals surface area contributed by atoms with Crippen molar-refractivity contribution in [1.82, 2.24) is 4.57 Å². The number of aliphatic hydroxyl groups excluding tert-OH is 1. The van der Waals surface area contributed by atoms with Gasteiger partial charge in [0.05, 0.1) is 45.6 Å². The molecule has 1 aromatic heterocycles. The van der Waals surface area contributed by atoms with Crippen LogP contribution in [-0.2, 0) is 0 Å². The van der Waals surface area contributed by atoms with Crippen LogP contribution in [-0.4, -0.2) is 15.6 Å². The first-order chi connectivity index (χ1) is 28.4. The van der Waals surface area contributed by atoms with Crippen LogP contribution in [0.1, 0.15) is 47.1 Å². The molecule has 8 aromatic rings. The Morgan fingerprint density at radius 2 is 1.31 bits per heavy atom. The summed E-state index contributed by atoms with van der Waals surface area (Å²) >= 11 is 0. The molecule has 0 aliphatic carbocycles. The summed E-state index contributed by atoms with van der Waals surface area (Å²) in [6, 6.07) is 56.2. The van der Waals surface area contributed by atoms with Gasteiger partial charge in [0.2, 0.25) is 0 Å². The third-order valence-corrected chi connectivity index (χ3v) is 11.1. The zero-order chi connectivity index (χ0) is 39.9. The van der Waals surface area contributed by atoms with Crippen molar-refractivity contribution < 1.29 is 9.90 Å². The second kappa shape index (κ2) is 14.7. The molecule has 1 aliphatic rings. The molecule has 7 aromatic carbocycles. The van der Waals surface area contributed by atoms with Crippen molar-refractivity contribution in [3.05, 3.63) is 198 Å². The standard InChI is InChI=1S/C52H36N4O2/c1-3-13-38(31-53)33(2)36-22-24-47-45(29-36)46-30-37(43-19-11-10-18-39(43)32-54)23-25-48(46)56(47)49-21-12-20-44-50(49)52(58)55(51(44)57)42-27-40(34-14-6-4-7-15-34)26-41(28-42)35-16-8-5-9-17-35/h3-30,51,57H,1-2H3/b13-3-,38-33-. The smallest absolute Gasteiger partial charge is 0.263 e. The van der Waals surface area contributed by atoms with Crippen molar-refractivity contribution in [2.45, 2.75) is 20.1 Å². The van der Waals surface area contributed by atoms with Crippen molar-refractivity contribution in [2.75, 3.05) is 4.90 Å². The summed E-state index contributed by atoms with van der Waals surface area (Å²) < 4.78 is 2.09. The number of fused-ring (bicyclic) bond motifs is 4. The van der Waals surface area contributed by atoms with E-state index in [4.69, 9.17) is 0 Å². The van der Waals surface area contributed by atoms with Gasteiger partial charge in [-0.3, -0.25) is 9.69 Å². The van der Waals surface area contributed by atoms with E-state index < -0.39 is 6.23 Å². The average Bonchev–Trinajstić information content (AvgIpc) is 3.74. The summed E-state index contributed by atoms with van der Waals surface area (Å²) in [6.45, 7) is 3.84. The fraction of sp³-hybridized carbons (Fsp3) is 0.0577. The van der Waals surface area contributed by atoms with Gasteiger partial charge < -0.3 is 9.67 Å². The summed E-state index contributed by atoms with van der Waals surface area (Å²) in [6.07, 6.45) is 2.44. The van der Waals surface area contributed by atoms with Crippen LogP contribution in [0, 0.1) is 22.7 Å². The van der Waals surface area contributed by atoms with Crippen molar-refractivity contribution in [1.29, 1.82) is 10.5 Å². The third kappa shape index (κ3) is 5.97. The van der Waals surface area contributed by atoms with Crippen LogP contribution in [0.2, 0.25) is 0 Å². The molecule has 0 saturated carbocycles. The van der Waals surface area contributed by atoms with Crippen molar-refractivity contribution in [3.63, 3.8) is 0 Å². The van der Waals surface area contributed by atoms with Gasteiger partial charge >= 0.3 is 0 Å². The predicted molar refractivity (Wildman–Crippen MR) is 233 cm³/mol. The Bertz CT molecular complexity index is 3030. The number of carbonyl (C=O) groups is 1. The molecule has 58 heavy (non-hydrogen) atoms. The molecule has 1 amide bonds. The molecule has 1 unspecified atom stereocenters. The summed E-state index contributed by atoms with van der Waals surface area (Å²) in [5.41, 5.74) is 12.3. The number of amides is 1. The molecule has 0 saturated heterocycles. The summed E-state index contributed by atoms with van der Waals surface area (Å²) in [5.74, 6) is -0.308. The number of nitrogens with zero attached hydrogens (tertiary/aromatic N) is 4. The van der Waals surface area contributed by atoms with Gasteiger partial charge in [0.15, 0.2) is 6.23 Å². The number of nitriles is 2. The normalized spacial score (nSPS) is 14.1. The van der Waals surface area contributed by atoms with Gasteiger partial charge in [0, 0.05) is 22.0 Å². The Morgan fingerprint density at radius 3 is 1.97 bits per heavy atom. The number of rotatable bonds is 7. The Labute approximate surface area is 336 Å². The SMILES string of the molecule is C/C=C\C(C#N)=C(/C)c1ccc2c(c1)c1cc(-c3ccccc3C#N)ccc1n2-c1cccc2c1C(=O)N(c1cc(-c3ccccc3)cc(-c3ccccc3)c1)C2O. The minimum absolute atomic E-state index is 0.308. The van der Waals surface area contributed by atoms with E-state index in [0.717, 1.165) is 66.3 Å².